The molecule has 1 heterocycles. The van der Waals surface area contributed by atoms with Gasteiger partial charge in [0.15, 0.2) is 0 Å². The van der Waals surface area contributed by atoms with Gasteiger partial charge in [-0.05, 0) is 75.0 Å². The van der Waals surface area contributed by atoms with Gasteiger partial charge in [-0.15, -0.1) is 0 Å². The number of aryl methyl sites for hydroxylation is 1. The van der Waals surface area contributed by atoms with Crippen molar-refractivity contribution in [2.75, 3.05) is 26.7 Å². The van der Waals surface area contributed by atoms with E-state index in [1.807, 2.05) is 6.07 Å². The summed E-state index contributed by atoms with van der Waals surface area (Å²) < 4.78 is 13.2. The molecule has 104 valence electrons. The number of benzene rings is 1. The van der Waals surface area contributed by atoms with Crippen LogP contribution in [0.3, 0.4) is 0 Å². The molecule has 2 atom stereocenters. The lowest BCUT2D eigenvalue weighted by Gasteiger charge is -2.31. The van der Waals surface area contributed by atoms with Crippen molar-refractivity contribution in [1.82, 2.24) is 10.2 Å². The lowest BCUT2D eigenvalue weighted by Crippen LogP contribution is -2.37. The van der Waals surface area contributed by atoms with Gasteiger partial charge in [-0.1, -0.05) is 6.07 Å². The van der Waals surface area contributed by atoms with E-state index in [1.165, 1.54) is 30.5 Å². The van der Waals surface area contributed by atoms with E-state index in [0.29, 0.717) is 6.04 Å². The first-order valence-corrected chi connectivity index (χ1v) is 7.43. The van der Waals surface area contributed by atoms with Crippen molar-refractivity contribution in [3.63, 3.8) is 0 Å². The summed E-state index contributed by atoms with van der Waals surface area (Å²) in [5.41, 5.74) is 2.55. The van der Waals surface area contributed by atoms with Crippen LogP contribution < -0.4 is 5.32 Å². The lowest BCUT2D eigenvalue weighted by atomic mass is 9.98. The van der Waals surface area contributed by atoms with Gasteiger partial charge < -0.3 is 5.32 Å². The highest BCUT2D eigenvalue weighted by Gasteiger charge is 2.27. The van der Waals surface area contributed by atoms with Crippen LogP contribution in [-0.2, 0) is 6.42 Å². The number of fused-ring (bicyclic) bond motifs is 1. The number of halogens is 1. The number of rotatable bonds is 3. The predicted octanol–water partition coefficient (Wildman–Crippen LogP) is 2.74. The van der Waals surface area contributed by atoms with Gasteiger partial charge in [0.1, 0.15) is 5.82 Å². The molecule has 0 spiro atoms. The van der Waals surface area contributed by atoms with Gasteiger partial charge in [0.25, 0.3) is 0 Å². The van der Waals surface area contributed by atoms with E-state index in [4.69, 9.17) is 0 Å². The first-order valence-electron chi connectivity index (χ1n) is 7.43. The van der Waals surface area contributed by atoms with Crippen molar-refractivity contribution in [3.05, 3.63) is 35.1 Å². The molecule has 3 heteroatoms. The minimum absolute atomic E-state index is 0.0986. The van der Waals surface area contributed by atoms with Crippen molar-refractivity contribution < 1.29 is 4.39 Å². The van der Waals surface area contributed by atoms with Gasteiger partial charge in [-0.25, -0.2) is 4.39 Å². The zero-order valence-corrected chi connectivity index (χ0v) is 11.7. The van der Waals surface area contributed by atoms with Crippen LogP contribution in [-0.4, -0.2) is 31.6 Å². The zero-order chi connectivity index (χ0) is 13.2. The van der Waals surface area contributed by atoms with Crippen LogP contribution in [0.15, 0.2) is 18.2 Å². The van der Waals surface area contributed by atoms with Crippen LogP contribution in [0.1, 0.15) is 36.4 Å². The van der Waals surface area contributed by atoms with E-state index < -0.39 is 0 Å². The van der Waals surface area contributed by atoms with Crippen LogP contribution in [0, 0.1) is 11.7 Å². The summed E-state index contributed by atoms with van der Waals surface area (Å²) in [6.45, 7) is 3.47. The Hall–Kier alpha value is -0.930. The lowest BCUT2D eigenvalue weighted by molar-refractivity contribution is 0.188. The van der Waals surface area contributed by atoms with Gasteiger partial charge in [0.2, 0.25) is 0 Å². The van der Waals surface area contributed by atoms with Gasteiger partial charge >= 0.3 is 0 Å². The Morgan fingerprint density at radius 2 is 2.26 bits per heavy atom. The summed E-state index contributed by atoms with van der Waals surface area (Å²) in [5.74, 6) is 0.668. The normalized spacial score (nSPS) is 26.7. The quantitative estimate of drug-likeness (QED) is 0.901. The van der Waals surface area contributed by atoms with E-state index in [-0.39, 0.29) is 5.82 Å². The van der Waals surface area contributed by atoms with Crippen molar-refractivity contribution in [1.29, 1.82) is 0 Å². The number of nitrogens with one attached hydrogen (secondary N) is 1. The number of hydrogen-bond donors (Lipinski definition) is 1. The summed E-state index contributed by atoms with van der Waals surface area (Å²) in [6.07, 6.45) is 4.78. The zero-order valence-electron chi connectivity index (χ0n) is 11.7. The van der Waals surface area contributed by atoms with Gasteiger partial charge in [0.05, 0.1) is 0 Å². The average molecular weight is 262 g/mol. The van der Waals surface area contributed by atoms with E-state index in [1.54, 1.807) is 12.1 Å². The molecule has 0 aromatic heterocycles. The molecule has 0 radical (unpaired) electrons. The smallest absolute Gasteiger partial charge is 0.123 e. The maximum Gasteiger partial charge on any atom is 0.123 e. The summed E-state index contributed by atoms with van der Waals surface area (Å²) in [6, 6.07) is 5.79. The molecule has 0 saturated carbocycles. The molecule has 3 rings (SSSR count). The molecular weight excluding hydrogens is 239 g/mol. The fourth-order valence-corrected chi connectivity index (χ4v) is 3.64. The number of piperidine rings is 1. The molecule has 1 aliphatic carbocycles. The number of nitrogens with zero attached hydrogens (tertiary/aromatic N) is 1. The summed E-state index contributed by atoms with van der Waals surface area (Å²) in [4.78, 5) is 2.47. The monoisotopic (exact) mass is 262 g/mol. The molecular formula is C16H23FN2. The van der Waals surface area contributed by atoms with Crippen molar-refractivity contribution in [2.24, 2.45) is 5.92 Å². The molecule has 1 aromatic rings. The van der Waals surface area contributed by atoms with Gasteiger partial charge in [-0.2, -0.15) is 0 Å². The van der Waals surface area contributed by atoms with Gasteiger partial charge in [0, 0.05) is 12.6 Å². The third-order valence-corrected chi connectivity index (χ3v) is 4.63. The fraction of sp³-hybridized carbons (Fsp3) is 0.625. The second-order valence-corrected chi connectivity index (χ2v) is 6.05. The first kappa shape index (κ1) is 13.1. The van der Waals surface area contributed by atoms with Gasteiger partial charge in [-0.3, -0.25) is 4.90 Å². The largest absolute Gasteiger partial charge is 0.316 e. The standard InChI is InChI=1S/C16H23FN2/c1-19(11-12-3-2-8-18-10-12)16-7-4-13-9-14(17)5-6-15(13)16/h5-6,9,12,16,18H,2-4,7-8,10-11H2,1H3. The third-order valence-electron chi connectivity index (χ3n) is 4.63. The van der Waals surface area contributed by atoms with Crippen LogP contribution in [0.25, 0.3) is 0 Å². The molecule has 2 unspecified atom stereocenters. The molecule has 0 amide bonds. The molecule has 1 aliphatic heterocycles. The minimum Gasteiger partial charge on any atom is -0.316 e. The van der Waals surface area contributed by atoms with Crippen molar-refractivity contribution in [2.45, 2.75) is 31.7 Å². The second-order valence-electron chi connectivity index (χ2n) is 6.05. The highest BCUT2D eigenvalue weighted by molar-refractivity contribution is 5.35. The topological polar surface area (TPSA) is 15.3 Å². The summed E-state index contributed by atoms with van der Waals surface area (Å²) >= 11 is 0. The second kappa shape index (κ2) is 5.59. The third kappa shape index (κ3) is 2.82. The Bertz CT molecular complexity index is 440. The molecule has 1 fully saturated rings. The maximum atomic E-state index is 13.2. The predicted molar refractivity (Wildman–Crippen MR) is 75.7 cm³/mol. The fourth-order valence-electron chi connectivity index (χ4n) is 3.64. The van der Waals surface area contributed by atoms with Crippen LogP contribution in [0.5, 0.6) is 0 Å². The van der Waals surface area contributed by atoms with Crippen molar-refractivity contribution in [3.8, 4) is 0 Å². The minimum atomic E-state index is -0.0986. The SMILES string of the molecule is CN(CC1CCCNC1)C1CCc2cc(F)ccc21. The molecule has 2 nitrogen and oxygen atoms in total. The first-order chi connectivity index (χ1) is 9.24. The maximum absolute atomic E-state index is 13.2. The Morgan fingerprint density at radius 1 is 1.37 bits per heavy atom. The molecule has 19 heavy (non-hydrogen) atoms. The average Bonchev–Trinajstić information content (AvgIpc) is 2.82. The molecule has 1 aromatic carbocycles. The van der Waals surface area contributed by atoms with Crippen LogP contribution in [0.2, 0.25) is 0 Å². The highest BCUT2D eigenvalue weighted by atomic mass is 19.1. The number of hydrogen-bond acceptors (Lipinski definition) is 2. The van der Waals surface area contributed by atoms with E-state index >= 15 is 0 Å². The van der Waals surface area contributed by atoms with E-state index in [2.05, 4.69) is 17.3 Å². The molecule has 2 aliphatic rings. The Labute approximate surface area is 115 Å². The van der Waals surface area contributed by atoms with Crippen molar-refractivity contribution >= 4 is 0 Å². The molecule has 1 N–H and O–H groups in total. The Morgan fingerprint density at radius 3 is 3.05 bits per heavy atom. The van der Waals surface area contributed by atoms with Crippen LogP contribution >= 0.6 is 0 Å². The molecule has 0 bridgehead atoms. The molecule has 1 saturated heterocycles. The summed E-state index contributed by atoms with van der Waals surface area (Å²) in [5, 5.41) is 3.48. The van der Waals surface area contributed by atoms with E-state index in [0.717, 1.165) is 31.8 Å². The highest BCUT2D eigenvalue weighted by Crippen LogP contribution is 2.35. The van der Waals surface area contributed by atoms with Crippen LogP contribution in [0.4, 0.5) is 4.39 Å². The Kier molecular flexibility index (Phi) is 3.85. The Balaban J connectivity index is 1.67. The summed E-state index contributed by atoms with van der Waals surface area (Å²) in [7, 11) is 2.22. The van der Waals surface area contributed by atoms with E-state index in [9.17, 15) is 4.39 Å².